The fourth-order valence-electron chi connectivity index (χ4n) is 1.60. The molecule has 1 aromatic carbocycles. The lowest BCUT2D eigenvalue weighted by molar-refractivity contribution is -0.130. The van der Waals surface area contributed by atoms with Gasteiger partial charge in [0.2, 0.25) is 5.91 Å². The SMILES string of the molecule is CNCCCC(=O)N(C)Cc1cccc(Br)c1. The first-order valence-corrected chi connectivity index (χ1v) is 6.56. The van der Waals surface area contributed by atoms with Crippen molar-refractivity contribution in [2.75, 3.05) is 20.6 Å². The number of carbonyl (C=O) groups is 1. The number of hydrogen-bond acceptors (Lipinski definition) is 2. The lowest BCUT2D eigenvalue weighted by atomic mass is 10.2. The molecule has 0 aliphatic rings. The zero-order valence-electron chi connectivity index (χ0n) is 10.4. The maximum Gasteiger partial charge on any atom is 0.222 e. The van der Waals surface area contributed by atoms with Gasteiger partial charge in [0.15, 0.2) is 0 Å². The third-order valence-electron chi connectivity index (χ3n) is 2.55. The van der Waals surface area contributed by atoms with Crippen molar-refractivity contribution in [3.05, 3.63) is 34.3 Å². The largest absolute Gasteiger partial charge is 0.341 e. The quantitative estimate of drug-likeness (QED) is 0.818. The van der Waals surface area contributed by atoms with E-state index in [0.717, 1.165) is 23.0 Å². The van der Waals surface area contributed by atoms with Gasteiger partial charge in [-0.05, 0) is 37.7 Å². The van der Waals surface area contributed by atoms with Gasteiger partial charge < -0.3 is 10.2 Å². The number of amides is 1. The fraction of sp³-hybridized carbons (Fsp3) is 0.462. The smallest absolute Gasteiger partial charge is 0.222 e. The van der Waals surface area contributed by atoms with Gasteiger partial charge in [0.1, 0.15) is 0 Å². The molecule has 1 aromatic rings. The van der Waals surface area contributed by atoms with E-state index in [1.807, 2.05) is 38.4 Å². The molecule has 0 saturated carbocycles. The maximum atomic E-state index is 11.8. The standard InChI is InChI=1S/C13H19BrN2O/c1-15-8-4-7-13(17)16(2)10-11-5-3-6-12(14)9-11/h3,5-6,9,15H,4,7-8,10H2,1-2H3. The maximum absolute atomic E-state index is 11.8. The van der Waals surface area contributed by atoms with E-state index in [4.69, 9.17) is 0 Å². The third-order valence-corrected chi connectivity index (χ3v) is 3.05. The molecule has 0 fully saturated rings. The van der Waals surface area contributed by atoms with E-state index in [0.29, 0.717) is 13.0 Å². The molecule has 1 rings (SSSR count). The molecule has 0 saturated heterocycles. The summed E-state index contributed by atoms with van der Waals surface area (Å²) in [6.07, 6.45) is 1.49. The molecule has 0 heterocycles. The van der Waals surface area contributed by atoms with E-state index < -0.39 is 0 Å². The summed E-state index contributed by atoms with van der Waals surface area (Å²) in [5.41, 5.74) is 1.14. The van der Waals surface area contributed by atoms with Crippen LogP contribution in [0.15, 0.2) is 28.7 Å². The van der Waals surface area contributed by atoms with Gasteiger partial charge in [-0.1, -0.05) is 28.1 Å². The first-order valence-electron chi connectivity index (χ1n) is 5.76. The molecule has 0 unspecified atom stereocenters. The first-order chi connectivity index (χ1) is 8.13. The second-order valence-electron chi connectivity index (χ2n) is 4.09. The Kier molecular flexibility index (Phi) is 6.22. The summed E-state index contributed by atoms with van der Waals surface area (Å²) in [6.45, 7) is 1.55. The van der Waals surface area contributed by atoms with Gasteiger partial charge in [-0.2, -0.15) is 0 Å². The number of carbonyl (C=O) groups excluding carboxylic acids is 1. The van der Waals surface area contributed by atoms with Crippen LogP contribution < -0.4 is 5.32 Å². The molecule has 0 atom stereocenters. The highest BCUT2D eigenvalue weighted by atomic mass is 79.9. The van der Waals surface area contributed by atoms with Gasteiger partial charge in [0.05, 0.1) is 0 Å². The number of nitrogens with one attached hydrogen (secondary N) is 1. The molecule has 1 N–H and O–H groups in total. The Hall–Kier alpha value is -0.870. The minimum atomic E-state index is 0.195. The highest BCUT2D eigenvalue weighted by molar-refractivity contribution is 9.10. The van der Waals surface area contributed by atoms with Crippen LogP contribution in [0.25, 0.3) is 0 Å². The van der Waals surface area contributed by atoms with Crippen molar-refractivity contribution in [2.45, 2.75) is 19.4 Å². The van der Waals surface area contributed by atoms with Crippen LogP contribution in [0.4, 0.5) is 0 Å². The van der Waals surface area contributed by atoms with Crippen LogP contribution in [0.3, 0.4) is 0 Å². The summed E-state index contributed by atoms with van der Waals surface area (Å²) in [7, 11) is 3.75. The number of nitrogens with zero attached hydrogens (tertiary/aromatic N) is 1. The molecule has 0 radical (unpaired) electrons. The molecule has 0 spiro atoms. The predicted octanol–water partition coefficient (Wildman–Crippen LogP) is 2.41. The molecule has 0 bridgehead atoms. The minimum Gasteiger partial charge on any atom is -0.341 e. The van der Waals surface area contributed by atoms with Gasteiger partial charge in [-0.25, -0.2) is 0 Å². The fourth-order valence-corrected chi connectivity index (χ4v) is 2.05. The zero-order valence-corrected chi connectivity index (χ0v) is 12.0. The van der Waals surface area contributed by atoms with Gasteiger partial charge in [0.25, 0.3) is 0 Å². The van der Waals surface area contributed by atoms with Crippen LogP contribution >= 0.6 is 15.9 Å². The van der Waals surface area contributed by atoms with Gasteiger partial charge in [-0.3, -0.25) is 4.79 Å². The van der Waals surface area contributed by atoms with Crippen molar-refractivity contribution in [2.24, 2.45) is 0 Å². The van der Waals surface area contributed by atoms with E-state index in [9.17, 15) is 4.79 Å². The van der Waals surface area contributed by atoms with Crippen LogP contribution in [0, 0.1) is 0 Å². The zero-order chi connectivity index (χ0) is 12.7. The Morgan fingerprint density at radius 2 is 2.24 bits per heavy atom. The number of halogens is 1. The van der Waals surface area contributed by atoms with Crippen LogP contribution in [-0.4, -0.2) is 31.4 Å². The first kappa shape index (κ1) is 14.2. The van der Waals surface area contributed by atoms with Crippen molar-refractivity contribution in [3.63, 3.8) is 0 Å². The van der Waals surface area contributed by atoms with Crippen LogP contribution in [0.1, 0.15) is 18.4 Å². The van der Waals surface area contributed by atoms with Crippen LogP contribution in [-0.2, 0) is 11.3 Å². The third kappa shape index (κ3) is 5.33. The number of benzene rings is 1. The highest BCUT2D eigenvalue weighted by Crippen LogP contribution is 2.13. The van der Waals surface area contributed by atoms with Crippen molar-refractivity contribution in [1.29, 1.82) is 0 Å². The number of rotatable bonds is 6. The number of hydrogen-bond donors (Lipinski definition) is 1. The van der Waals surface area contributed by atoms with E-state index in [-0.39, 0.29) is 5.91 Å². The van der Waals surface area contributed by atoms with Gasteiger partial charge in [0, 0.05) is 24.5 Å². The molecule has 17 heavy (non-hydrogen) atoms. The highest BCUT2D eigenvalue weighted by Gasteiger charge is 2.08. The summed E-state index contributed by atoms with van der Waals surface area (Å²) < 4.78 is 1.05. The van der Waals surface area contributed by atoms with E-state index in [2.05, 4.69) is 21.2 Å². The molecule has 0 aliphatic carbocycles. The molecule has 1 amide bonds. The Morgan fingerprint density at radius 3 is 2.88 bits per heavy atom. The summed E-state index contributed by atoms with van der Waals surface area (Å²) >= 11 is 3.43. The van der Waals surface area contributed by atoms with Crippen molar-refractivity contribution in [3.8, 4) is 0 Å². The van der Waals surface area contributed by atoms with Gasteiger partial charge in [-0.15, -0.1) is 0 Å². The summed E-state index contributed by atoms with van der Waals surface area (Å²) in [5, 5.41) is 3.04. The average Bonchev–Trinajstić information content (AvgIpc) is 2.29. The normalized spacial score (nSPS) is 10.3. The molecule has 4 heteroatoms. The topological polar surface area (TPSA) is 32.3 Å². The van der Waals surface area contributed by atoms with Crippen LogP contribution in [0.2, 0.25) is 0 Å². The Labute approximate surface area is 111 Å². The molecule has 0 aromatic heterocycles. The predicted molar refractivity (Wildman–Crippen MR) is 73.8 cm³/mol. The Morgan fingerprint density at radius 1 is 1.47 bits per heavy atom. The van der Waals surface area contributed by atoms with Crippen molar-refractivity contribution in [1.82, 2.24) is 10.2 Å². The Bertz CT molecular complexity index is 368. The van der Waals surface area contributed by atoms with Crippen molar-refractivity contribution < 1.29 is 4.79 Å². The lowest BCUT2D eigenvalue weighted by Gasteiger charge is -2.17. The van der Waals surface area contributed by atoms with Crippen molar-refractivity contribution >= 4 is 21.8 Å². The van der Waals surface area contributed by atoms with E-state index in [1.165, 1.54) is 0 Å². The molecular weight excluding hydrogens is 280 g/mol. The van der Waals surface area contributed by atoms with Gasteiger partial charge >= 0.3 is 0 Å². The van der Waals surface area contributed by atoms with Crippen LogP contribution in [0.5, 0.6) is 0 Å². The summed E-state index contributed by atoms with van der Waals surface area (Å²) in [5.74, 6) is 0.195. The van der Waals surface area contributed by atoms with E-state index in [1.54, 1.807) is 4.90 Å². The second kappa shape index (κ2) is 7.45. The second-order valence-corrected chi connectivity index (χ2v) is 5.00. The lowest BCUT2D eigenvalue weighted by Crippen LogP contribution is -2.26. The average molecular weight is 299 g/mol. The Balaban J connectivity index is 2.43. The minimum absolute atomic E-state index is 0.195. The summed E-state index contributed by atoms with van der Waals surface area (Å²) in [6, 6.07) is 8.04. The molecule has 0 aliphatic heterocycles. The molecule has 94 valence electrons. The molecule has 3 nitrogen and oxygen atoms in total. The monoisotopic (exact) mass is 298 g/mol. The van der Waals surface area contributed by atoms with E-state index >= 15 is 0 Å². The molecular formula is C13H19BrN2O. The summed E-state index contributed by atoms with van der Waals surface area (Å²) in [4.78, 5) is 13.6.